The second-order valence-electron chi connectivity index (χ2n) is 9.02. The minimum absolute atomic E-state index is 0.0574. The molecular formula is C24H41NO3. The number of ether oxygens (including phenoxy) is 1. The van der Waals surface area contributed by atoms with E-state index < -0.39 is 0 Å². The van der Waals surface area contributed by atoms with Crippen molar-refractivity contribution in [3.8, 4) is 0 Å². The van der Waals surface area contributed by atoms with Gasteiger partial charge in [-0.05, 0) is 62.4 Å². The molecule has 1 amide bonds. The molecule has 0 aliphatic heterocycles. The molecule has 28 heavy (non-hydrogen) atoms. The van der Waals surface area contributed by atoms with Gasteiger partial charge in [0.2, 0.25) is 5.91 Å². The fourth-order valence-electron chi connectivity index (χ4n) is 5.12. The summed E-state index contributed by atoms with van der Waals surface area (Å²) in [7, 11) is 1.70. The highest BCUT2D eigenvalue weighted by Gasteiger charge is 2.33. The van der Waals surface area contributed by atoms with Gasteiger partial charge >= 0.3 is 5.97 Å². The lowest BCUT2D eigenvalue weighted by Crippen LogP contribution is -2.32. The van der Waals surface area contributed by atoms with Gasteiger partial charge in [-0.1, -0.05) is 52.0 Å². The van der Waals surface area contributed by atoms with E-state index >= 15 is 0 Å². The number of hydrogen-bond donors (Lipinski definition) is 0. The highest BCUT2D eigenvalue weighted by molar-refractivity contribution is 5.86. The molecule has 0 radical (unpaired) electrons. The maximum atomic E-state index is 12.3. The molecule has 2 fully saturated rings. The number of carbonyl (C=O) groups excluding carboxylic acids is 2. The first-order valence-electron chi connectivity index (χ1n) is 11.6. The van der Waals surface area contributed by atoms with Crippen LogP contribution in [-0.2, 0) is 14.3 Å². The van der Waals surface area contributed by atoms with E-state index in [0.717, 1.165) is 30.6 Å². The molecule has 2 saturated carbocycles. The van der Waals surface area contributed by atoms with Gasteiger partial charge in [-0.25, -0.2) is 0 Å². The Balaban J connectivity index is 1.61. The molecule has 0 aromatic rings. The van der Waals surface area contributed by atoms with Gasteiger partial charge in [0.15, 0.2) is 0 Å². The standard InChI is InChI=1S/C24H41NO3/c1-4-6-7-8-19-9-11-20(12-10-19)21-13-15-22(16-14-21)24(27)28-18-17-25(3)23(26)5-2/h5,19-22H,2,4,6-18H2,1,3H3. The summed E-state index contributed by atoms with van der Waals surface area (Å²) in [5.41, 5.74) is 0. The van der Waals surface area contributed by atoms with E-state index in [2.05, 4.69) is 13.5 Å². The van der Waals surface area contributed by atoms with E-state index in [4.69, 9.17) is 4.74 Å². The number of unbranched alkanes of at least 4 members (excludes halogenated alkanes) is 2. The summed E-state index contributed by atoms with van der Waals surface area (Å²) in [4.78, 5) is 25.3. The van der Waals surface area contributed by atoms with E-state index in [0.29, 0.717) is 6.54 Å². The van der Waals surface area contributed by atoms with E-state index in [-0.39, 0.29) is 24.4 Å². The molecule has 2 aliphatic carbocycles. The third kappa shape index (κ3) is 7.25. The Bertz CT molecular complexity index is 488. The molecule has 0 aromatic heterocycles. The summed E-state index contributed by atoms with van der Waals surface area (Å²) in [5.74, 6) is 2.52. The highest BCUT2D eigenvalue weighted by atomic mass is 16.5. The van der Waals surface area contributed by atoms with Crippen LogP contribution in [0.2, 0.25) is 0 Å². The first-order valence-corrected chi connectivity index (χ1v) is 11.6. The van der Waals surface area contributed by atoms with Gasteiger partial charge in [0, 0.05) is 7.05 Å². The fraction of sp³-hybridized carbons (Fsp3) is 0.833. The molecule has 0 spiro atoms. The van der Waals surface area contributed by atoms with Crippen LogP contribution in [0.3, 0.4) is 0 Å². The summed E-state index contributed by atoms with van der Waals surface area (Å²) >= 11 is 0. The van der Waals surface area contributed by atoms with E-state index in [1.807, 2.05) is 0 Å². The van der Waals surface area contributed by atoms with Gasteiger partial charge in [0.05, 0.1) is 12.5 Å². The van der Waals surface area contributed by atoms with E-state index in [9.17, 15) is 9.59 Å². The molecule has 0 saturated heterocycles. The molecule has 2 rings (SSSR count). The molecule has 0 bridgehead atoms. The van der Waals surface area contributed by atoms with Crippen LogP contribution in [0.15, 0.2) is 12.7 Å². The summed E-state index contributed by atoms with van der Waals surface area (Å²) in [6, 6.07) is 0. The minimum atomic E-state index is -0.142. The van der Waals surface area contributed by atoms with Crippen LogP contribution < -0.4 is 0 Å². The first kappa shape index (κ1) is 23.0. The quantitative estimate of drug-likeness (QED) is 0.286. The number of carbonyl (C=O) groups is 2. The van der Waals surface area contributed by atoms with Crippen molar-refractivity contribution in [3.63, 3.8) is 0 Å². The topological polar surface area (TPSA) is 46.6 Å². The fourth-order valence-corrected chi connectivity index (χ4v) is 5.12. The lowest BCUT2D eigenvalue weighted by molar-refractivity contribution is -0.151. The molecule has 2 aliphatic rings. The normalized spacial score (nSPS) is 27.8. The third-order valence-electron chi connectivity index (χ3n) is 7.10. The summed E-state index contributed by atoms with van der Waals surface area (Å²) < 4.78 is 5.42. The Hall–Kier alpha value is -1.32. The van der Waals surface area contributed by atoms with Crippen LogP contribution >= 0.6 is 0 Å². The Morgan fingerprint density at radius 3 is 2.18 bits per heavy atom. The van der Waals surface area contributed by atoms with Crippen LogP contribution in [-0.4, -0.2) is 37.0 Å². The van der Waals surface area contributed by atoms with Crippen molar-refractivity contribution in [2.24, 2.45) is 23.7 Å². The van der Waals surface area contributed by atoms with E-state index in [1.54, 1.807) is 7.05 Å². The molecule has 0 atom stereocenters. The Labute approximate surface area is 172 Å². The van der Waals surface area contributed by atoms with Crippen LogP contribution in [0.25, 0.3) is 0 Å². The number of hydrogen-bond acceptors (Lipinski definition) is 3. The Morgan fingerprint density at radius 1 is 1.00 bits per heavy atom. The molecule has 4 nitrogen and oxygen atoms in total. The van der Waals surface area contributed by atoms with Crippen LogP contribution in [0.5, 0.6) is 0 Å². The van der Waals surface area contributed by atoms with Gasteiger partial charge in [0.25, 0.3) is 0 Å². The van der Waals surface area contributed by atoms with Crippen LogP contribution in [0, 0.1) is 23.7 Å². The molecular weight excluding hydrogens is 350 g/mol. The maximum Gasteiger partial charge on any atom is 0.308 e. The zero-order valence-corrected chi connectivity index (χ0v) is 18.2. The van der Waals surface area contributed by atoms with Crippen molar-refractivity contribution in [1.29, 1.82) is 0 Å². The van der Waals surface area contributed by atoms with Crippen molar-refractivity contribution in [1.82, 2.24) is 4.90 Å². The van der Waals surface area contributed by atoms with Crippen molar-refractivity contribution >= 4 is 11.9 Å². The lowest BCUT2D eigenvalue weighted by atomic mass is 9.68. The summed E-state index contributed by atoms with van der Waals surface area (Å²) in [6.45, 7) is 6.45. The number of amides is 1. The summed E-state index contributed by atoms with van der Waals surface area (Å²) in [5, 5.41) is 0. The van der Waals surface area contributed by atoms with E-state index in [1.165, 1.54) is 75.2 Å². The number of rotatable bonds is 10. The molecule has 0 heterocycles. The largest absolute Gasteiger partial charge is 0.464 e. The van der Waals surface area contributed by atoms with Crippen LogP contribution in [0.4, 0.5) is 0 Å². The molecule has 0 N–H and O–H groups in total. The van der Waals surface area contributed by atoms with Gasteiger partial charge < -0.3 is 9.64 Å². The molecule has 160 valence electrons. The van der Waals surface area contributed by atoms with Crippen molar-refractivity contribution in [3.05, 3.63) is 12.7 Å². The van der Waals surface area contributed by atoms with Gasteiger partial charge in [-0.2, -0.15) is 0 Å². The zero-order valence-electron chi connectivity index (χ0n) is 18.2. The average molecular weight is 392 g/mol. The second-order valence-corrected chi connectivity index (χ2v) is 9.02. The zero-order chi connectivity index (χ0) is 20.4. The third-order valence-corrected chi connectivity index (χ3v) is 7.10. The number of nitrogens with zero attached hydrogens (tertiary/aromatic N) is 1. The lowest BCUT2D eigenvalue weighted by Gasteiger charge is -2.37. The molecule has 4 heteroatoms. The smallest absolute Gasteiger partial charge is 0.308 e. The summed E-state index contributed by atoms with van der Waals surface area (Å²) in [6.07, 6.45) is 16.8. The van der Waals surface area contributed by atoms with Crippen LogP contribution in [0.1, 0.15) is 84.0 Å². The average Bonchev–Trinajstić information content (AvgIpc) is 2.73. The van der Waals surface area contributed by atoms with Crippen molar-refractivity contribution in [2.75, 3.05) is 20.2 Å². The monoisotopic (exact) mass is 391 g/mol. The van der Waals surface area contributed by atoms with Gasteiger partial charge in [-0.15, -0.1) is 0 Å². The predicted octanol–water partition coefficient (Wildman–Crippen LogP) is 5.37. The maximum absolute atomic E-state index is 12.3. The Morgan fingerprint density at radius 2 is 1.61 bits per heavy atom. The number of esters is 1. The molecule has 0 unspecified atom stereocenters. The van der Waals surface area contributed by atoms with Crippen molar-refractivity contribution < 1.29 is 14.3 Å². The second kappa shape index (κ2) is 12.3. The van der Waals surface area contributed by atoms with Gasteiger partial charge in [0.1, 0.15) is 6.61 Å². The Kier molecular flexibility index (Phi) is 10.1. The minimum Gasteiger partial charge on any atom is -0.464 e. The van der Waals surface area contributed by atoms with Crippen molar-refractivity contribution in [2.45, 2.75) is 84.0 Å². The SMILES string of the molecule is C=CC(=O)N(C)CCOC(=O)C1CCC(C2CCC(CCCCC)CC2)CC1. The predicted molar refractivity (Wildman–Crippen MR) is 114 cm³/mol. The molecule has 0 aromatic carbocycles. The number of likely N-dealkylation sites (N-methyl/N-ethyl adjacent to an activating group) is 1. The van der Waals surface area contributed by atoms with Gasteiger partial charge in [-0.3, -0.25) is 9.59 Å². The highest BCUT2D eigenvalue weighted by Crippen LogP contribution is 2.42. The first-order chi connectivity index (χ1) is 13.5.